The van der Waals surface area contributed by atoms with Crippen LogP contribution in [0.15, 0.2) is 11.1 Å². The van der Waals surface area contributed by atoms with Crippen molar-refractivity contribution in [2.75, 3.05) is 12.3 Å². The number of nitrogen functional groups attached to an aromatic ring is 1. The highest BCUT2D eigenvalue weighted by Crippen LogP contribution is 2.30. The monoisotopic (exact) mass is 268 g/mol. The normalized spacial score (nSPS) is 27.9. The number of nitrogens with zero attached hydrogens (tertiary/aromatic N) is 3. The van der Waals surface area contributed by atoms with E-state index in [1.807, 2.05) is 0 Å². The van der Waals surface area contributed by atoms with Crippen molar-refractivity contribution in [2.24, 2.45) is 0 Å². The van der Waals surface area contributed by atoms with Crippen molar-refractivity contribution in [3.63, 3.8) is 0 Å². The van der Waals surface area contributed by atoms with Gasteiger partial charge in [0.1, 0.15) is 13.7 Å². The van der Waals surface area contributed by atoms with Gasteiger partial charge in [-0.05, 0) is 0 Å². The third kappa shape index (κ3) is 1.87. The first-order chi connectivity index (χ1) is 9.51. The minimum Gasteiger partial charge on any atom is -0.394 e. The van der Waals surface area contributed by atoms with E-state index in [4.69, 9.17) is 16.9 Å². The average Bonchev–Trinajstić information content (AvgIpc) is 2.89. The Kier molecular flexibility index (Phi) is 2.47. The van der Waals surface area contributed by atoms with Crippen LogP contribution in [0.1, 0.15) is 14.0 Å². The van der Waals surface area contributed by atoms with Gasteiger partial charge in [0.15, 0.2) is 11.2 Å². The second-order valence-corrected chi connectivity index (χ2v) is 4.32. The Balaban J connectivity index is 2.13. The molecule has 1 aliphatic rings. The molecule has 0 aromatic carbocycles. The Bertz CT molecular complexity index is 713. The molecule has 3 heterocycles. The van der Waals surface area contributed by atoms with E-state index in [-0.39, 0.29) is 36.4 Å². The maximum atomic E-state index is 11.7. The molecule has 0 amide bonds. The summed E-state index contributed by atoms with van der Waals surface area (Å²) in [7, 11) is 0. The standard InChI is InChI=1S/C10H13N5O4/c11-10-13-8-7(9(18)14-10)12-3-15(8)6-1-4(17)5(2-16)19-6/h3-6,16-17H,1-2H2,(H3,11,13,14,18)/t4?,5-,6?/m1/s1/i3D. The molecule has 19 heavy (non-hydrogen) atoms. The summed E-state index contributed by atoms with van der Waals surface area (Å²) in [5, 5.41) is 18.8. The van der Waals surface area contributed by atoms with E-state index < -0.39 is 24.0 Å². The second kappa shape index (κ2) is 4.30. The highest BCUT2D eigenvalue weighted by atomic mass is 16.5. The van der Waals surface area contributed by atoms with Crippen molar-refractivity contribution in [1.29, 1.82) is 0 Å². The lowest BCUT2D eigenvalue weighted by Crippen LogP contribution is -2.24. The summed E-state index contributed by atoms with van der Waals surface area (Å²) in [5.74, 6) is -0.0964. The first kappa shape index (κ1) is 10.9. The predicted molar refractivity (Wildman–Crippen MR) is 64.2 cm³/mol. The van der Waals surface area contributed by atoms with E-state index in [2.05, 4.69) is 15.0 Å². The molecule has 1 aliphatic heterocycles. The number of aliphatic hydroxyl groups is 2. The van der Waals surface area contributed by atoms with E-state index in [1.54, 1.807) is 0 Å². The number of ether oxygens (including phenoxy) is 1. The smallest absolute Gasteiger partial charge is 0.280 e. The molecule has 1 saturated heterocycles. The number of hydrogen-bond donors (Lipinski definition) is 4. The lowest BCUT2D eigenvalue weighted by molar-refractivity contribution is -0.0432. The van der Waals surface area contributed by atoms with Crippen LogP contribution in [-0.2, 0) is 4.74 Å². The lowest BCUT2D eigenvalue weighted by Gasteiger charge is -2.13. The van der Waals surface area contributed by atoms with E-state index >= 15 is 0 Å². The molecular formula is C10H13N5O4. The summed E-state index contributed by atoms with van der Waals surface area (Å²) in [6.07, 6.45) is -2.39. The maximum absolute atomic E-state index is 11.7. The van der Waals surface area contributed by atoms with E-state index in [1.165, 1.54) is 4.57 Å². The zero-order valence-corrected chi connectivity index (χ0v) is 9.78. The molecule has 3 atom stereocenters. The van der Waals surface area contributed by atoms with Gasteiger partial charge in [-0.2, -0.15) is 4.98 Å². The molecule has 0 aliphatic carbocycles. The topological polar surface area (TPSA) is 139 Å². The van der Waals surface area contributed by atoms with Gasteiger partial charge in [0.05, 0.1) is 19.0 Å². The van der Waals surface area contributed by atoms with Gasteiger partial charge >= 0.3 is 0 Å². The van der Waals surface area contributed by atoms with Crippen LogP contribution in [0.2, 0.25) is 0 Å². The Morgan fingerprint density at radius 1 is 1.74 bits per heavy atom. The fourth-order valence-electron chi connectivity index (χ4n) is 2.13. The zero-order chi connectivity index (χ0) is 14.4. The van der Waals surface area contributed by atoms with Crippen molar-refractivity contribution in [1.82, 2.24) is 19.5 Å². The number of aromatic nitrogens is 4. The van der Waals surface area contributed by atoms with E-state index in [0.717, 1.165) is 0 Å². The molecule has 0 saturated carbocycles. The van der Waals surface area contributed by atoms with Crippen LogP contribution in [0.4, 0.5) is 5.95 Å². The third-order valence-corrected chi connectivity index (χ3v) is 3.06. The number of hydrogen-bond acceptors (Lipinski definition) is 7. The Labute approximate surface area is 108 Å². The van der Waals surface area contributed by atoms with Gasteiger partial charge in [-0.1, -0.05) is 0 Å². The van der Waals surface area contributed by atoms with Crippen LogP contribution in [0.3, 0.4) is 0 Å². The second-order valence-electron chi connectivity index (χ2n) is 4.32. The fourth-order valence-corrected chi connectivity index (χ4v) is 2.13. The van der Waals surface area contributed by atoms with E-state index in [0.29, 0.717) is 0 Å². The lowest BCUT2D eigenvalue weighted by atomic mass is 10.2. The Hall–Kier alpha value is -1.97. The molecule has 0 spiro atoms. The number of nitrogens with two attached hydrogens (primary N) is 1. The molecule has 2 aromatic rings. The molecule has 2 aromatic heterocycles. The third-order valence-electron chi connectivity index (χ3n) is 3.06. The number of aliphatic hydroxyl groups excluding tert-OH is 2. The van der Waals surface area contributed by atoms with Crippen LogP contribution in [0.5, 0.6) is 0 Å². The van der Waals surface area contributed by atoms with Crippen LogP contribution < -0.4 is 11.3 Å². The molecule has 2 unspecified atom stereocenters. The van der Waals surface area contributed by atoms with Gasteiger partial charge in [0.2, 0.25) is 5.95 Å². The van der Waals surface area contributed by atoms with Crippen molar-refractivity contribution in [3.05, 3.63) is 16.7 Å². The summed E-state index contributed by atoms with van der Waals surface area (Å²) >= 11 is 0. The van der Waals surface area contributed by atoms with Crippen molar-refractivity contribution in [2.45, 2.75) is 24.9 Å². The van der Waals surface area contributed by atoms with E-state index in [9.17, 15) is 9.90 Å². The summed E-state index contributed by atoms with van der Waals surface area (Å²) in [5.41, 5.74) is 5.04. The first-order valence-electron chi connectivity index (χ1n) is 6.20. The first-order valence-corrected chi connectivity index (χ1v) is 5.70. The van der Waals surface area contributed by atoms with Crippen LogP contribution in [-0.4, -0.2) is 48.5 Å². The minimum atomic E-state index is -0.860. The van der Waals surface area contributed by atoms with Crippen LogP contribution >= 0.6 is 0 Å². The van der Waals surface area contributed by atoms with Gasteiger partial charge < -0.3 is 20.7 Å². The molecular weight excluding hydrogens is 254 g/mol. The largest absolute Gasteiger partial charge is 0.394 e. The molecule has 5 N–H and O–H groups in total. The number of anilines is 1. The number of imidazole rings is 1. The molecule has 0 bridgehead atoms. The van der Waals surface area contributed by atoms with Gasteiger partial charge in [0, 0.05) is 6.42 Å². The van der Waals surface area contributed by atoms with Gasteiger partial charge in [0.25, 0.3) is 5.56 Å². The SMILES string of the molecule is [2H]c1nc2c(=O)[nH]c(N)nc2n1C1CC(O)[C@@H](CO)O1. The van der Waals surface area contributed by atoms with Crippen LogP contribution in [0.25, 0.3) is 11.2 Å². The van der Waals surface area contributed by atoms with Gasteiger partial charge in [-0.25, -0.2) is 4.98 Å². The zero-order valence-electron chi connectivity index (χ0n) is 10.8. The Morgan fingerprint density at radius 3 is 3.21 bits per heavy atom. The number of rotatable bonds is 2. The van der Waals surface area contributed by atoms with Crippen molar-refractivity contribution < 1.29 is 16.3 Å². The number of fused-ring (bicyclic) bond motifs is 1. The summed E-state index contributed by atoms with van der Waals surface area (Å²) in [6, 6.07) is 0. The highest BCUT2D eigenvalue weighted by Gasteiger charge is 2.35. The maximum Gasteiger partial charge on any atom is 0.280 e. The molecule has 9 nitrogen and oxygen atoms in total. The van der Waals surface area contributed by atoms with Crippen molar-refractivity contribution >= 4 is 17.1 Å². The number of H-pyrrole nitrogens is 1. The summed E-state index contributed by atoms with van der Waals surface area (Å²) < 4.78 is 14.5. The minimum absolute atomic E-state index is 0.0188. The van der Waals surface area contributed by atoms with Gasteiger partial charge in [-0.15, -0.1) is 0 Å². The molecule has 9 heteroatoms. The number of nitrogens with one attached hydrogen (secondary N) is 1. The van der Waals surface area contributed by atoms with Crippen molar-refractivity contribution in [3.8, 4) is 0 Å². The van der Waals surface area contributed by atoms with Crippen LogP contribution in [0, 0.1) is 0 Å². The predicted octanol–water partition coefficient (Wildman–Crippen LogP) is -1.66. The Morgan fingerprint density at radius 2 is 2.53 bits per heavy atom. The molecule has 1 fully saturated rings. The molecule has 0 radical (unpaired) electrons. The molecule has 102 valence electrons. The fraction of sp³-hybridized carbons (Fsp3) is 0.500. The number of aromatic amines is 1. The quantitative estimate of drug-likeness (QED) is 0.511. The molecule has 3 rings (SSSR count). The highest BCUT2D eigenvalue weighted by molar-refractivity contribution is 5.70. The van der Waals surface area contributed by atoms with Gasteiger partial charge in [-0.3, -0.25) is 14.3 Å². The summed E-state index contributed by atoms with van der Waals surface area (Å²) in [6.45, 7) is -0.340. The average molecular weight is 268 g/mol. The summed E-state index contributed by atoms with van der Waals surface area (Å²) in [4.78, 5) is 21.8.